The molecule has 0 spiro atoms. The maximum absolute atomic E-state index is 11.1. The number of amides is 2. The molecule has 0 aliphatic carbocycles. The number of hydrogen-bond donors (Lipinski definition) is 2. The summed E-state index contributed by atoms with van der Waals surface area (Å²) in [6.45, 7) is 2.95. The highest BCUT2D eigenvalue weighted by atomic mass is 16.5. The minimum atomic E-state index is -0.509. The van der Waals surface area contributed by atoms with E-state index in [4.69, 9.17) is 10.5 Å². The fourth-order valence-electron chi connectivity index (χ4n) is 1.99. The Morgan fingerprint density at radius 1 is 1.29 bits per heavy atom. The molecule has 1 atom stereocenters. The number of nitrogens with one attached hydrogen (secondary N) is 1. The molecule has 0 saturated carbocycles. The van der Waals surface area contributed by atoms with Crippen LogP contribution in [0.4, 0.5) is 4.79 Å². The average molecular weight is 235 g/mol. The number of benzene rings is 1. The number of primary amides is 1. The summed E-state index contributed by atoms with van der Waals surface area (Å²) in [5.41, 5.74) is 6.26. The number of ether oxygens (including phenoxy) is 1. The molecule has 1 saturated heterocycles. The zero-order chi connectivity index (χ0) is 12.1. The lowest BCUT2D eigenvalue weighted by atomic mass is 10.1. The Kier molecular flexibility index (Phi) is 3.95. The number of carbonyl (C=O) groups is 1. The molecule has 17 heavy (non-hydrogen) atoms. The van der Waals surface area contributed by atoms with Crippen LogP contribution in [-0.4, -0.2) is 37.2 Å². The van der Waals surface area contributed by atoms with Gasteiger partial charge in [-0.2, -0.15) is 0 Å². The van der Waals surface area contributed by atoms with Crippen LogP contribution < -0.4 is 11.1 Å². The second kappa shape index (κ2) is 5.65. The van der Waals surface area contributed by atoms with Gasteiger partial charge in [0.25, 0.3) is 0 Å². The number of nitrogens with two attached hydrogens (primary N) is 1. The number of hydrogen-bond acceptors (Lipinski definition) is 3. The van der Waals surface area contributed by atoms with Crippen molar-refractivity contribution >= 4 is 6.03 Å². The van der Waals surface area contributed by atoms with Crippen molar-refractivity contribution in [1.82, 2.24) is 10.2 Å². The van der Waals surface area contributed by atoms with Crippen LogP contribution in [0.1, 0.15) is 11.7 Å². The normalized spacial score (nSPS) is 18.6. The summed E-state index contributed by atoms with van der Waals surface area (Å²) in [6.07, 6.45) is -0.169. The number of nitrogens with zero attached hydrogens (tertiary/aromatic N) is 1. The molecule has 5 heteroatoms. The molecular weight excluding hydrogens is 218 g/mol. The molecule has 1 unspecified atom stereocenters. The first kappa shape index (κ1) is 11.9. The van der Waals surface area contributed by atoms with Gasteiger partial charge in [-0.1, -0.05) is 30.3 Å². The van der Waals surface area contributed by atoms with Crippen LogP contribution in [0.15, 0.2) is 30.3 Å². The van der Waals surface area contributed by atoms with Crippen molar-refractivity contribution in [3.8, 4) is 0 Å². The minimum absolute atomic E-state index is 0.169. The molecular formula is C12H17N3O2. The lowest BCUT2D eigenvalue weighted by Crippen LogP contribution is -2.47. The van der Waals surface area contributed by atoms with E-state index in [1.54, 1.807) is 0 Å². The first-order valence-electron chi connectivity index (χ1n) is 5.70. The summed E-state index contributed by atoms with van der Waals surface area (Å²) in [4.78, 5) is 13.2. The average Bonchev–Trinajstić information content (AvgIpc) is 2.38. The molecule has 92 valence electrons. The van der Waals surface area contributed by atoms with Crippen LogP contribution in [0.3, 0.4) is 0 Å². The van der Waals surface area contributed by atoms with Crippen LogP contribution in [0.5, 0.6) is 0 Å². The summed E-state index contributed by atoms with van der Waals surface area (Å²) in [6, 6.07) is 9.30. The van der Waals surface area contributed by atoms with Gasteiger partial charge in [-0.25, -0.2) is 4.79 Å². The van der Waals surface area contributed by atoms with Crippen molar-refractivity contribution in [2.45, 2.75) is 6.17 Å². The number of rotatable bonds is 3. The first-order chi connectivity index (χ1) is 8.27. The first-order valence-corrected chi connectivity index (χ1v) is 5.70. The predicted octanol–water partition coefficient (Wildman–Crippen LogP) is 0.686. The van der Waals surface area contributed by atoms with Crippen LogP contribution in [-0.2, 0) is 4.74 Å². The van der Waals surface area contributed by atoms with E-state index in [2.05, 4.69) is 10.2 Å². The van der Waals surface area contributed by atoms with E-state index in [1.807, 2.05) is 30.3 Å². The van der Waals surface area contributed by atoms with E-state index < -0.39 is 6.03 Å². The summed E-state index contributed by atoms with van der Waals surface area (Å²) < 4.78 is 5.31. The molecule has 0 radical (unpaired) electrons. The van der Waals surface area contributed by atoms with Crippen molar-refractivity contribution in [2.75, 3.05) is 26.3 Å². The van der Waals surface area contributed by atoms with Crippen molar-refractivity contribution in [3.63, 3.8) is 0 Å². The van der Waals surface area contributed by atoms with E-state index >= 15 is 0 Å². The van der Waals surface area contributed by atoms with Gasteiger partial charge in [-0.3, -0.25) is 4.90 Å². The molecule has 2 amide bonds. The second-order valence-electron chi connectivity index (χ2n) is 3.97. The highest BCUT2D eigenvalue weighted by molar-refractivity contribution is 5.72. The Morgan fingerprint density at radius 2 is 1.94 bits per heavy atom. The maximum Gasteiger partial charge on any atom is 0.313 e. The van der Waals surface area contributed by atoms with Crippen molar-refractivity contribution in [3.05, 3.63) is 35.9 Å². The lowest BCUT2D eigenvalue weighted by Gasteiger charge is -2.34. The highest BCUT2D eigenvalue weighted by Crippen LogP contribution is 2.18. The van der Waals surface area contributed by atoms with Gasteiger partial charge in [0.2, 0.25) is 0 Å². The molecule has 1 aromatic rings. The number of morpholine rings is 1. The molecule has 1 fully saturated rings. The van der Waals surface area contributed by atoms with Gasteiger partial charge in [0, 0.05) is 13.1 Å². The van der Waals surface area contributed by atoms with E-state index in [0.29, 0.717) is 13.2 Å². The van der Waals surface area contributed by atoms with Gasteiger partial charge >= 0.3 is 6.03 Å². The molecule has 5 nitrogen and oxygen atoms in total. The zero-order valence-corrected chi connectivity index (χ0v) is 9.63. The highest BCUT2D eigenvalue weighted by Gasteiger charge is 2.23. The Labute approximate surface area is 101 Å². The number of carbonyl (C=O) groups excluding carboxylic acids is 1. The molecule has 1 heterocycles. The number of urea groups is 1. The smallest absolute Gasteiger partial charge is 0.313 e. The quantitative estimate of drug-likeness (QED) is 0.809. The van der Waals surface area contributed by atoms with Crippen LogP contribution >= 0.6 is 0 Å². The van der Waals surface area contributed by atoms with E-state index in [0.717, 1.165) is 18.7 Å². The summed E-state index contributed by atoms with van der Waals surface area (Å²) >= 11 is 0. The lowest BCUT2D eigenvalue weighted by molar-refractivity contribution is 0.0111. The van der Waals surface area contributed by atoms with Gasteiger partial charge in [-0.15, -0.1) is 0 Å². The summed E-state index contributed by atoms with van der Waals surface area (Å²) in [7, 11) is 0. The summed E-state index contributed by atoms with van der Waals surface area (Å²) in [5.74, 6) is 0. The summed E-state index contributed by atoms with van der Waals surface area (Å²) in [5, 5.41) is 2.78. The Morgan fingerprint density at radius 3 is 2.53 bits per heavy atom. The third-order valence-corrected chi connectivity index (χ3v) is 2.81. The molecule has 0 aromatic heterocycles. The van der Waals surface area contributed by atoms with Crippen LogP contribution in [0.25, 0.3) is 0 Å². The molecule has 1 aromatic carbocycles. The molecule has 2 rings (SSSR count). The fourth-order valence-corrected chi connectivity index (χ4v) is 1.99. The zero-order valence-electron chi connectivity index (χ0n) is 9.63. The molecule has 3 N–H and O–H groups in total. The molecule has 0 bridgehead atoms. The largest absolute Gasteiger partial charge is 0.379 e. The Bertz CT molecular complexity index is 363. The van der Waals surface area contributed by atoms with Gasteiger partial charge in [0.05, 0.1) is 13.2 Å². The van der Waals surface area contributed by atoms with E-state index in [-0.39, 0.29) is 6.17 Å². The fraction of sp³-hybridized carbons (Fsp3) is 0.417. The van der Waals surface area contributed by atoms with E-state index in [1.165, 1.54) is 0 Å². The van der Waals surface area contributed by atoms with Crippen LogP contribution in [0.2, 0.25) is 0 Å². The van der Waals surface area contributed by atoms with E-state index in [9.17, 15) is 4.79 Å². The standard InChI is InChI=1S/C12H17N3O2/c13-12(16)14-11(10-4-2-1-3-5-10)15-6-8-17-9-7-15/h1-5,11H,6-9H2,(H3,13,14,16). The third kappa shape index (κ3) is 3.18. The predicted molar refractivity (Wildman–Crippen MR) is 64.3 cm³/mol. The van der Waals surface area contributed by atoms with Gasteiger partial charge in [0.15, 0.2) is 0 Å². The third-order valence-electron chi connectivity index (χ3n) is 2.81. The van der Waals surface area contributed by atoms with Crippen molar-refractivity contribution in [1.29, 1.82) is 0 Å². The second-order valence-corrected chi connectivity index (χ2v) is 3.97. The van der Waals surface area contributed by atoms with Crippen molar-refractivity contribution < 1.29 is 9.53 Å². The minimum Gasteiger partial charge on any atom is -0.379 e. The Hall–Kier alpha value is -1.59. The monoisotopic (exact) mass is 235 g/mol. The molecule has 1 aliphatic heterocycles. The topological polar surface area (TPSA) is 67.6 Å². The van der Waals surface area contributed by atoms with Gasteiger partial charge in [0.1, 0.15) is 6.17 Å². The Balaban J connectivity index is 2.15. The molecule has 1 aliphatic rings. The van der Waals surface area contributed by atoms with Crippen molar-refractivity contribution in [2.24, 2.45) is 5.73 Å². The maximum atomic E-state index is 11.1. The SMILES string of the molecule is NC(=O)NC(c1ccccc1)N1CCOCC1. The van der Waals surface area contributed by atoms with Gasteiger partial charge < -0.3 is 15.8 Å². The van der Waals surface area contributed by atoms with Gasteiger partial charge in [-0.05, 0) is 5.56 Å². The van der Waals surface area contributed by atoms with Crippen LogP contribution in [0, 0.1) is 0 Å².